The van der Waals surface area contributed by atoms with E-state index in [1.807, 2.05) is 30.3 Å². The lowest BCUT2D eigenvalue weighted by Gasteiger charge is -2.24. The maximum atomic E-state index is 12.1. The number of amides is 1. The van der Waals surface area contributed by atoms with Crippen molar-refractivity contribution in [1.82, 2.24) is 4.90 Å². The summed E-state index contributed by atoms with van der Waals surface area (Å²) >= 11 is 0. The van der Waals surface area contributed by atoms with Gasteiger partial charge in [-0.3, -0.25) is 4.79 Å². The Hall–Kier alpha value is -1.93. The summed E-state index contributed by atoms with van der Waals surface area (Å²) in [5, 5.41) is 14.4. The van der Waals surface area contributed by atoms with Gasteiger partial charge in [-0.1, -0.05) is 30.3 Å². The molecule has 0 aromatic heterocycles. The molecule has 1 fully saturated rings. The monoisotopic (exact) mass is 340 g/mol. The van der Waals surface area contributed by atoms with Gasteiger partial charge in [0.25, 0.3) is 0 Å². The number of aliphatic carboxylic acids is 1. The number of carboxylic acids is 1. The zero-order valence-electron chi connectivity index (χ0n) is 12.6. The third-order valence-corrected chi connectivity index (χ3v) is 4.85. The van der Waals surface area contributed by atoms with Gasteiger partial charge < -0.3 is 10.0 Å². The number of rotatable bonds is 7. The predicted molar refractivity (Wildman–Crippen MR) is 84.0 cm³/mol. The highest BCUT2D eigenvalue weighted by Crippen LogP contribution is 2.23. The molecular formula is C15H20N2O5S. The molecule has 0 radical (unpaired) electrons. The second-order valence-electron chi connectivity index (χ2n) is 5.82. The number of carbonyl (C=O) groups is 2. The lowest BCUT2D eigenvalue weighted by atomic mass is 10.0. The van der Waals surface area contributed by atoms with Crippen molar-refractivity contribution in [3.05, 3.63) is 35.9 Å². The minimum Gasteiger partial charge on any atom is -0.480 e. The van der Waals surface area contributed by atoms with Crippen molar-refractivity contribution in [2.24, 2.45) is 11.1 Å². The van der Waals surface area contributed by atoms with Crippen molar-refractivity contribution in [2.45, 2.75) is 25.3 Å². The van der Waals surface area contributed by atoms with Crippen LogP contribution < -0.4 is 5.14 Å². The van der Waals surface area contributed by atoms with E-state index in [-0.39, 0.29) is 31.0 Å². The van der Waals surface area contributed by atoms with Gasteiger partial charge in [0, 0.05) is 18.9 Å². The molecule has 0 aliphatic carbocycles. The molecule has 1 aromatic carbocycles. The van der Waals surface area contributed by atoms with Gasteiger partial charge in [0.15, 0.2) is 0 Å². The largest absolute Gasteiger partial charge is 0.480 e. The molecule has 1 unspecified atom stereocenters. The number of sulfonamides is 1. The number of benzene rings is 1. The summed E-state index contributed by atoms with van der Waals surface area (Å²) in [7, 11) is -3.68. The fraction of sp³-hybridized carbons (Fsp3) is 0.467. The Bertz CT molecular complexity index is 674. The van der Waals surface area contributed by atoms with Gasteiger partial charge in [0.1, 0.15) is 6.04 Å². The second-order valence-corrected chi connectivity index (χ2v) is 7.48. The van der Waals surface area contributed by atoms with E-state index in [1.54, 1.807) is 0 Å². The molecule has 2 rings (SSSR count). The van der Waals surface area contributed by atoms with E-state index in [0.29, 0.717) is 6.42 Å². The first-order valence-corrected chi connectivity index (χ1v) is 9.04. The number of likely N-dealkylation sites (tertiary alicyclic amines) is 1. The molecule has 1 aliphatic heterocycles. The molecule has 126 valence electrons. The Labute approximate surface area is 135 Å². The molecule has 0 bridgehead atoms. The minimum absolute atomic E-state index is 0.0194. The van der Waals surface area contributed by atoms with Crippen molar-refractivity contribution in [3.8, 4) is 0 Å². The Morgan fingerprint density at radius 3 is 2.57 bits per heavy atom. The normalized spacial score (nSPS) is 19.8. The second kappa shape index (κ2) is 7.10. The summed E-state index contributed by atoms with van der Waals surface area (Å²) in [6, 6.07) is 8.46. The summed E-state index contributed by atoms with van der Waals surface area (Å²) in [6.45, 7) is 0.112. The maximum Gasteiger partial charge on any atom is 0.326 e. The van der Waals surface area contributed by atoms with Crippen LogP contribution in [-0.4, -0.2) is 48.6 Å². The van der Waals surface area contributed by atoms with Crippen LogP contribution >= 0.6 is 0 Å². The summed E-state index contributed by atoms with van der Waals surface area (Å²) in [5.41, 5.74) is 0.992. The molecule has 7 nitrogen and oxygen atoms in total. The third-order valence-electron chi connectivity index (χ3n) is 3.92. The Balaban J connectivity index is 2.03. The molecule has 2 atom stereocenters. The minimum atomic E-state index is -3.68. The number of carbonyl (C=O) groups excluding carboxylic acids is 1. The summed E-state index contributed by atoms with van der Waals surface area (Å²) < 4.78 is 22.3. The van der Waals surface area contributed by atoms with Crippen LogP contribution in [0.1, 0.15) is 18.4 Å². The van der Waals surface area contributed by atoms with Crippen molar-refractivity contribution >= 4 is 21.9 Å². The molecule has 1 amide bonds. The molecule has 1 aliphatic rings. The van der Waals surface area contributed by atoms with Gasteiger partial charge in [0.05, 0.1) is 5.75 Å². The topological polar surface area (TPSA) is 118 Å². The number of hydrogen-bond donors (Lipinski definition) is 2. The first-order chi connectivity index (χ1) is 10.8. The summed E-state index contributed by atoms with van der Waals surface area (Å²) in [4.78, 5) is 24.8. The number of nitrogens with zero attached hydrogens (tertiary/aromatic N) is 1. The van der Waals surface area contributed by atoms with Gasteiger partial charge in [-0.05, 0) is 18.4 Å². The molecule has 1 saturated heterocycles. The van der Waals surface area contributed by atoms with Gasteiger partial charge in [-0.2, -0.15) is 0 Å². The number of primary sulfonamides is 1. The smallest absolute Gasteiger partial charge is 0.326 e. The molecule has 3 N–H and O–H groups in total. The molecule has 8 heteroatoms. The van der Waals surface area contributed by atoms with Gasteiger partial charge in [-0.15, -0.1) is 0 Å². The van der Waals surface area contributed by atoms with Gasteiger partial charge in [-0.25, -0.2) is 18.4 Å². The van der Waals surface area contributed by atoms with Crippen LogP contribution in [0.5, 0.6) is 0 Å². The number of nitrogens with two attached hydrogens (primary N) is 1. The van der Waals surface area contributed by atoms with E-state index in [1.165, 1.54) is 4.90 Å². The van der Waals surface area contributed by atoms with E-state index >= 15 is 0 Å². The average Bonchev–Trinajstić information content (AvgIpc) is 2.78. The van der Waals surface area contributed by atoms with Crippen molar-refractivity contribution in [2.75, 3.05) is 12.3 Å². The van der Waals surface area contributed by atoms with Crippen LogP contribution in [0, 0.1) is 5.92 Å². The number of carboxylic acid groups (broad SMARTS) is 1. The van der Waals surface area contributed by atoms with E-state index in [2.05, 4.69) is 0 Å². The summed E-state index contributed by atoms with van der Waals surface area (Å²) in [5.74, 6) is -2.17. The van der Waals surface area contributed by atoms with Crippen molar-refractivity contribution in [3.63, 3.8) is 0 Å². The highest BCUT2D eigenvalue weighted by molar-refractivity contribution is 7.89. The highest BCUT2D eigenvalue weighted by Gasteiger charge is 2.38. The molecule has 1 aromatic rings. The lowest BCUT2D eigenvalue weighted by Crippen LogP contribution is -2.42. The molecular weight excluding hydrogens is 320 g/mol. The maximum absolute atomic E-state index is 12.1. The standard InChI is InChI=1S/C15H20N2O5S/c16-23(21,22)10-12-8-14(18)17(9-12)13(15(19)20)7-6-11-4-2-1-3-5-11/h1-5,12-13H,6-10H2,(H,19,20)(H2,16,21,22)/t12?,13-/m0/s1. The quantitative estimate of drug-likeness (QED) is 0.735. The van der Waals surface area contributed by atoms with Gasteiger partial charge in [0.2, 0.25) is 15.9 Å². The van der Waals surface area contributed by atoms with E-state index in [0.717, 1.165) is 5.56 Å². The van der Waals surface area contributed by atoms with E-state index in [4.69, 9.17) is 5.14 Å². The van der Waals surface area contributed by atoms with Crippen molar-refractivity contribution < 1.29 is 23.1 Å². The van der Waals surface area contributed by atoms with Crippen LogP contribution in [0.3, 0.4) is 0 Å². The fourth-order valence-corrected chi connectivity index (χ4v) is 3.79. The van der Waals surface area contributed by atoms with E-state index < -0.39 is 28.0 Å². The zero-order chi connectivity index (χ0) is 17.0. The van der Waals surface area contributed by atoms with Crippen LogP contribution in [-0.2, 0) is 26.0 Å². The predicted octanol–water partition coefficient (Wildman–Crippen LogP) is 0.209. The highest BCUT2D eigenvalue weighted by atomic mass is 32.2. The van der Waals surface area contributed by atoms with Crippen LogP contribution in [0.25, 0.3) is 0 Å². The SMILES string of the molecule is NS(=O)(=O)CC1CC(=O)N([C@@H](CCc2ccccc2)C(=O)O)C1. The Kier molecular flexibility index (Phi) is 5.38. The molecule has 23 heavy (non-hydrogen) atoms. The Morgan fingerprint density at radius 2 is 2.00 bits per heavy atom. The lowest BCUT2D eigenvalue weighted by molar-refractivity contribution is -0.148. The Morgan fingerprint density at radius 1 is 1.35 bits per heavy atom. The number of hydrogen-bond acceptors (Lipinski definition) is 4. The molecule has 0 spiro atoms. The number of aryl methyl sites for hydroxylation is 1. The molecule has 0 saturated carbocycles. The van der Waals surface area contributed by atoms with Crippen LogP contribution in [0.4, 0.5) is 0 Å². The van der Waals surface area contributed by atoms with Crippen LogP contribution in [0.15, 0.2) is 30.3 Å². The van der Waals surface area contributed by atoms with Crippen molar-refractivity contribution in [1.29, 1.82) is 0 Å². The molecule has 1 heterocycles. The zero-order valence-corrected chi connectivity index (χ0v) is 13.4. The van der Waals surface area contributed by atoms with E-state index in [9.17, 15) is 23.1 Å². The summed E-state index contributed by atoms with van der Waals surface area (Å²) in [6.07, 6.45) is 0.834. The third kappa shape index (κ3) is 5.04. The van der Waals surface area contributed by atoms with Gasteiger partial charge >= 0.3 is 5.97 Å². The average molecular weight is 340 g/mol. The van der Waals surface area contributed by atoms with Crippen LogP contribution in [0.2, 0.25) is 0 Å². The fourth-order valence-electron chi connectivity index (χ4n) is 2.91. The first-order valence-electron chi connectivity index (χ1n) is 7.33. The first kappa shape index (κ1) is 17.4.